The number of nitrogens with zero attached hydrogens (tertiary/aromatic N) is 2. The third-order valence-electron chi connectivity index (χ3n) is 5.60. The molecule has 2 atom stereocenters. The van der Waals surface area contributed by atoms with Crippen LogP contribution in [0.3, 0.4) is 0 Å². The van der Waals surface area contributed by atoms with Gasteiger partial charge in [0.1, 0.15) is 17.5 Å². The van der Waals surface area contributed by atoms with Crippen molar-refractivity contribution in [2.45, 2.75) is 31.9 Å². The summed E-state index contributed by atoms with van der Waals surface area (Å²) >= 11 is 0. The first-order valence-electron chi connectivity index (χ1n) is 11.7. The second-order valence-corrected chi connectivity index (χ2v) is 10.3. The van der Waals surface area contributed by atoms with E-state index in [4.69, 9.17) is 14.2 Å². The van der Waals surface area contributed by atoms with Gasteiger partial charge in [0, 0.05) is 13.2 Å². The SMILES string of the molecule is COc1ccc(N([C@H](C)C(=O)N/N=C\c2ccc(OCC(=O)NC[C@H]3CCCO3)cc2)S(C)(=O)=O)cc1. The molecule has 0 aromatic heterocycles. The molecule has 2 N–H and O–H groups in total. The third-order valence-corrected chi connectivity index (χ3v) is 6.85. The van der Waals surface area contributed by atoms with Crippen LogP contribution in [-0.2, 0) is 24.3 Å². The lowest BCUT2D eigenvalue weighted by Gasteiger charge is -2.27. The molecule has 1 aliphatic heterocycles. The summed E-state index contributed by atoms with van der Waals surface area (Å²) in [6.07, 6.45) is 4.48. The molecule has 2 aromatic rings. The number of carbonyl (C=O) groups excluding carboxylic acids is 2. The Kier molecular flexibility index (Phi) is 9.86. The molecule has 2 amide bonds. The van der Waals surface area contributed by atoms with Gasteiger partial charge in [0.05, 0.1) is 31.4 Å². The van der Waals surface area contributed by atoms with E-state index in [-0.39, 0.29) is 18.6 Å². The Morgan fingerprint density at radius 2 is 1.84 bits per heavy atom. The van der Waals surface area contributed by atoms with Gasteiger partial charge in [-0.1, -0.05) is 0 Å². The molecular weight excluding hydrogens is 500 g/mol. The van der Waals surface area contributed by atoms with Crippen molar-refractivity contribution in [1.29, 1.82) is 0 Å². The molecule has 1 saturated heterocycles. The van der Waals surface area contributed by atoms with Gasteiger partial charge in [0.25, 0.3) is 11.8 Å². The highest BCUT2D eigenvalue weighted by Crippen LogP contribution is 2.23. The number of amides is 2. The number of methoxy groups -OCH3 is 1. The number of hydrogen-bond acceptors (Lipinski definition) is 8. The highest BCUT2D eigenvalue weighted by atomic mass is 32.2. The summed E-state index contributed by atoms with van der Waals surface area (Å²) in [5, 5.41) is 6.72. The molecule has 200 valence electrons. The zero-order valence-corrected chi connectivity index (χ0v) is 21.9. The highest BCUT2D eigenvalue weighted by Gasteiger charge is 2.29. The fourth-order valence-electron chi connectivity index (χ4n) is 3.68. The topological polar surface area (TPSA) is 136 Å². The average molecular weight is 533 g/mol. The van der Waals surface area contributed by atoms with Gasteiger partial charge in [-0.2, -0.15) is 5.10 Å². The van der Waals surface area contributed by atoms with Crippen molar-refractivity contribution < 1.29 is 32.2 Å². The lowest BCUT2D eigenvalue weighted by molar-refractivity contribution is -0.123. The summed E-state index contributed by atoms with van der Waals surface area (Å²) in [6, 6.07) is 12.1. The standard InChI is InChI=1S/C25H32N4O7S/c1-18(29(37(3,32)33)20-8-12-21(34-2)13-9-20)25(31)28-27-15-19-6-10-22(11-7-19)36-17-24(30)26-16-23-5-4-14-35-23/h6-13,15,18,23H,4-5,14,16-17H2,1-3H3,(H,26,30)(H,28,31)/b27-15-/t18-,23-/m1/s1. The van der Waals surface area contributed by atoms with Crippen LogP contribution in [0.4, 0.5) is 5.69 Å². The van der Waals surface area contributed by atoms with Gasteiger partial charge in [-0.05, 0) is 73.9 Å². The molecule has 0 unspecified atom stereocenters. The van der Waals surface area contributed by atoms with E-state index in [9.17, 15) is 18.0 Å². The normalized spacial score (nSPS) is 16.2. The lowest BCUT2D eigenvalue weighted by Crippen LogP contribution is -2.46. The number of carbonyl (C=O) groups is 2. The summed E-state index contributed by atoms with van der Waals surface area (Å²) in [5.74, 6) is 0.237. The minimum Gasteiger partial charge on any atom is -0.497 e. The maximum absolute atomic E-state index is 12.6. The number of nitrogens with one attached hydrogen (secondary N) is 2. The van der Waals surface area contributed by atoms with E-state index >= 15 is 0 Å². The van der Waals surface area contributed by atoms with Crippen molar-refractivity contribution in [2.24, 2.45) is 5.10 Å². The molecule has 11 nitrogen and oxygen atoms in total. The maximum Gasteiger partial charge on any atom is 0.263 e. The van der Waals surface area contributed by atoms with Crippen LogP contribution in [0.2, 0.25) is 0 Å². The molecule has 0 bridgehead atoms. The molecule has 1 fully saturated rings. The molecule has 0 spiro atoms. The molecule has 12 heteroatoms. The van der Waals surface area contributed by atoms with Crippen LogP contribution in [0.25, 0.3) is 0 Å². The molecule has 37 heavy (non-hydrogen) atoms. The Labute approximate surface area is 216 Å². The van der Waals surface area contributed by atoms with Gasteiger partial charge in [0.2, 0.25) is 10.0 Å². The van der Waals surface area contributed by atoms with Crippen LogP contribution in [0.5, 0.6) is 11.5 Å². The molecule has 1 aliphatic rings. The predicted octanol–water partition coefficient (Wildman–Crippen LogP) is 1.67. The molecule has 2 aromatic carbocycles. The van der Waals surface area contributed by atoms with Crippen molar-refractivity contribution in [2.75, 3.05) is 37.4 Å². The Balaban J connectivity index is 1.50. The largest absolute Gasteiger partial charge is 0.497 e. The van der Waals surface area contributed by atoms with Crippen LogP contribution in [0.15, 0.2) is 53.6 Å². The Morgan fingerprint density at radius 3 is 2.43 bits per heavy atom. The fraction of sp³-hybridized carbons (Fsp3) is 0.400. The van der Waals surface area contributed by atoms with E-state index < -0.39 is 22.0 Å². The number of hydrogen-bond donors (Lipinski definition) is 2. The van der Waals surface area contributed by atoms with E-state index in [1.54, 1.807) is 48.5 Å². The lowest BCUT2D eigenvalue weighted by atomic mass is 10.2. The first kappa shape index (κ1) is 27.9. The Hall–Kier alpha value is -3.64. The third kappa shape index (κ3) is 8.46. The van der Waals surface area contributed by atoms with Crippen molar-refractivity contribution in [3.8, 4) is 11.5 Å². The number of benzene rings is 2. The van der Waals surface area contributed by atoms with Crippen molar-refractivity contribution in [1.82, 2.24) is 10.7 Å². The van der Waals surface area contributed by atoms with Gasteiger partial charge < -0.3 is 19.5 Å². The van der Waals surface area contributed by atoms with Crippen LogP contribution in [0.1, 0.15) is 25.3 Å². The van der Waals surface area contributed by atoms with Crippen LogP contribution >= 0.6 is 0 Å². The van der Waals surface area contributed by atoms with Gasteiger partial charge >= 0.3 is 0 Å². The van der Waals surface area contributed by atoms with E-state index in [1.807, 2.05) is 0 Å². The first-order valence-corrected chi connectivity index (χ1v) is 13.6. The molecule has 1 heterocycles. The van der Waals surface area contributed by atoms with Gasteiger partial charge in [-0.15, -0.1) is 0 Å². The smallest absolute Gasteiger partial charge is 0.263 e. The van der Waals surface area contributed by atoms with Crippen LogP contribution < -0.4 is 24.5 Å². The second-order valence-electron chi connectivity index (χ2n) is 8.46. The average Bonchev–Trinajstić information content (AvgIpc) is 3.40. The number of hydrazone groups is 1. The summed E-state index contributed by atoms with van der Waals surface area (Å²) in [7, 11) is -2.25. The monoisotopic (exact) mass is 532 g/mol. The molecule has 3 rings (SSSR count). The summed E-state index contributed by atoms with van der Waals surface area (Å²) in [5.41, 5.74) is 3.36. The van der Waals surface area contributed by atoms with Gasteiger partial charge in [-0.3, -0.25) is 13.9 Å². The second kappa shape index (κ2) is 13.1. The number of anilines is 1. The van der Waals surface area contributed by atoms with Crippen LogP contribution in [-0.4, -0.2) is 71.7 Å². The van der Waals surface area contributed by atoms with Gasteiger partial charge in [-0.25, -0.2) is 13.8 Å². The summed E-state index contributed by atoms with van der Waals surface area (Å²) in [4.78, 5) is 24.6. The van der Waals surface area contributed by atoms with E-state index in [1.165, 1.54) is 20.2 Å². The van der Waals surface area contributed by atoms with E-state index in [2.05, 4.69) is 15.8 Å². The predicted molar refractivity (Wildman–Crippen MR) is 139 cm³/mol. The quantitative estimate of drug-likeness (QED) is 0.314. The minimum absolute atomic E-state index is 0.0721. The Bertz CT molecular complexity index is 1180. The van der Waals surface area contributed by atoms with E-state index in [0.717, 1.165) is 30.0 Å². The number of sulfonamides is 1. The molecule has 0 saturated carbocycles. The van der Waals surface area contributed by atoms with E-state index in [0.29, 0.717) is 29.3 Å². The van der Waals surface area contributed by atoms with Gasteiger partial charge in [0.15, 0.2) is 6.61 Å². The first-order chi connectivity index (χ1) is 17.7. The van der Waals surface area contributed by atoms with Crippen molar-refractivity contribution in [3.63, 3.8) is 0 Å². The minimum atomic E-state index is -3.75. The number of ether oxygens (including phenoxy) is 3. The highest BCUT2D eigenvalue weighted by molar-refractivity contribution is 7.92. The summed E-state index contributed by atoms with van der Waals surface area (Å²) < 4.78 is 41.8. The van der Waals surface area contributed by atoms with Crippen LogP contribution in [0, 0.1) is 0 Å². The maximum atomic E-state index is 12.6. The zero-order chi connectivity index (χ0) is 26.8. The zero-order valence-electron chi connectivity index (χ0n) is 21.0. The summed E-state index contributed by atoms with van der Waals surface area (Å²) in [6.45, 7) is 2.57. The number of rotatable bonds is 12. The van der Waals surface area contributed by atoms with Crippen molar-refractivity contribution in [3.05, 3.63) is 54.1 Å². The van der Waals surface area contributed by atoms with Crippen molar-refractivity contribution >= 4 is 33.7 Å². The fourth-order valence-corrected chi connectivity index (χ4v) is 4.86. The molecular formula is C25H32N4O7S. The molecule has 0 aliphatic carbocycles. The molecule has 0 radical (unpaired) electrons. The Morgan fingerprint density at radius 1 is 1.16 bits per heavy atom.